The minimum absolute atomic E-state index is 0.00358. The number of ether oxygens (including phenoxy) is 1. The van der Waals surface area contributed by atoms with Gasteiger partial charge >= 0.3 is 0 Å². The zero-order chi connectivity index (χ0) is 15.1. The van der Waals surface area contributed by atoms with Crippen molar-refractivity contribution in [2.45, 2.75) is 0 Å². The number of halogens is 2. The second kappa shape index (κ2) is 4.82. The molecule has 3 rings (SSSR count). The second-order valence-electron chi connectivity index (χ2n) is 4.39. The second-order valence-corrected chi connectivity index (χ2v) is 4.80. The highest BCUT2D eigenvalue weighted by Gasteiger charge is 2.19. The standard InChI is InChI=1S/C14H11ClFN3O2/c1-20-13-10-9(21-14(18)11(10)17)5-19-12(13)6-2-3-8(16)7(15)4-6/h2-5H,17-18H2,1H3. The Morgan fingerprint density at radius 1 is 1.33 bits per heavy atom. The van der Waals surface area contributed by atoms with Crippen molar-refractivity contribution in [3.63, 3.8) is 0 Å². The van der Waals surface area contributed by atoms with Crippen LogP contribution in [0.4, 0.5) is 16.0 Å². The summed E-state index contributed by atoms with van der Waals surface area (Å²) in [6, 6.07) is 4.28. The molecule has 0 unspecified atom stereocenters. The highest BCUT2D eigenvalue weighted by atomic mass is 35.5. The van der Waals surface area contributed by atoms with Crippen LogP contribution >= 0.6 is 11.6 Å². The summed E-state index contributed by atoms with van der Waals surface area (Å²) in [6.45, 7) is 0. The molecule has 1 aromatic carbocycles. The van der Waals surface area contributed by atoms with E-state index in [0.717, 1.165) is 0 Å². The molecule has 21 heavy (non-hydrogen) atoms. The highest BCUT2D eigenvalue weighted by molar-refractivity contribution is 6.31. The Morgan fingerprint density at radius 3 is 2.76 bits per heavy atom. The number of rotatable bonds is 2. The quantitative estimate of drug-likeness (QED) is 0.757. The number of furan rings is 1. The topological polar surface area (TPSA) is 87.3 Å². The van der Waals surface area contributed by atoms with Gasteiger partial charge < -0.3 is 20.6 Å². The third-order valence-electron chi connectivity index (χ3n) is 3.15. The predicted octanol–water partition coefficient (Wildman–Crippen LogP) is 3.46. The van der Waals surface area contributed by atoms with Crippen molar-refractivity contribution in [3.8, 4) is 17.0 Å². The van der Waals surface area contributed by atoms with E-state index in [9.17, 15) is 4.39 Å². The molecular formula is C14H11ClFN3O2. The van der Waals surface area contributed by atoms with Crippen LogP contribution in [0.2, 0.25) is 5.02 Å². The molecule has 0 aliphatic rings. The van der Waals surface area contributed by atoms with Gasteiger partial charge in [-0.1, -0.05) is 11.6 Å². The fourth-order valence-corrected chi connectivity index (χ4v) is 2.33. The molecule has 0 saturated carbocycles. The molecule has 5 nitrogen and oxygen atoms in total. The Hall–Kier alpha value is -2.47. The van der Waals surface area contributed by atoms with Crippen LogP contribution in [-0.2, 0) is 0 Å². The molecule has 108 valence electrons. The summed E-state index contributed by atoms with van der Waals surface area (Å²) in [5, 5.41) is 0.525. The Balaban J connectivity index is 2.32. The molecule has 0 bridgehead atoms. The van der Waals surface area contributed by atoms with E-state index in [-0.39, 0.29) is 16.6 Å². The molecule has 7 heteroatoms. The fourth-order valence-electron chi connectivity index (χ4n) is 2.15. The molecule has 2 aromatic heterocycles. The van der Waals surface area contributed by atoms with Crippen molar-refractivity contribution >= 4 is 34.1 Å². The molecule has 0 aliphatic heterocycles. The largest absolute Gasteiger partial charge is 0.494 e. The number of hydrogen-bond acceptors (Lipinski definition) is 5. The zero-order valence-corrected chi connectivity index (χ0v) is 11.7. The molecule has 0 fully saturated rings. The van der Waals surface area contributed by atoms with Crippen LogP contribution in [0, 0.1) is 5.82 Å². The van der Waals surface area contributed by atoms with E-state index in [1.165, 1.54) is 25.4 Å². The molecule has 0 atom stereocenters. The number of aromatic nitrogens is 1. The summed E-state index contributed by atoms with van der Waals surface area (Å²) in [7, 11) is 1.48. The summed E-state index contributed by atoms with van der Waals surface area (Å²) in [4.78, 5) is 4.26. The number of hydrogen-bond donors (Lipinski definition) is 2. The van der Waals surface area contributed by atoms with Gasteiger partial charge in [-0.05, 0) is 18.2 Å². The van der Waals surface area contributed by atoms with Crippen molar-refractivity contribution < 1.29 is 13.5 Å². The van der Waals surface area contributed by atoms with Gasteiger partial charge in [-0.3, -0.25) is 0 Å². The maximum absolute atomic E-state index is 13.3. The van der Waals surface area contributed by atoms with Crippen LogP contribution in [0.25, 0.3) is 22.2 Å². The number of nitrogens with zero attached hydrogens (tertiary/aromatic N) is 1. The van der Waals surface area contributed by atoms with E-state index < -0.39 is 5.82 Å². The molecule has 0 amide bonds. The Morgan fingerprint density at radius 2 is 2.10 bits per heavy atom. The average molecular weight is 308 g/mol. The van der Waals surface area contributed by atoms with Crippen molar-refractivity contribution in [1.82, 2.24) is 4.98 Å². The van der Waals surface area contributed by atoms with Crippen LogP contribution in [0.3, 0.4) is 0 Å². The van der Waals surface area contributed by atoms with Gasteiger partial charge in [-0.25, -0.2) is 9.37 Å². The van der Waals surface area contributed by atoms with Gasteiger partial charge in [0, 0.05) is 5.56 Å². The molecule has 0 saturated heterocycles. The molecule has 2 heterocycles. The van der Waals surface area contributed by atoms with E-state index in [2.05, 4.69) is 4.98 Å². The van der Waals surface area contributed by atoms with E-state index in [4.69, 9.17) is 32.2 Å². The van der Waals surface area contributed by atoms with E-state index in [1.54, 1.807) is 6.07 Å². The Kier molecular flexibility index (Phi) is 3.10. The molecule has 0 spiro atoms. The van der Waals surface area contributed by atoms with Crippen LogP contribution in [0.1, 0.15) is 0 Å². The lowest BCUT2D eigenvalue weighted by Gasteiger charge is -2.09. The van der Waals surface area contributed by atoms with Gasteiger partial charge in [-0.2, -0.15) is 0 Å². The Labute approximate surface area is 124 Å². The fraction of sp³-hybridized carbons (Fsp3) is 0.0714. The third kappa shape index (κ3) is 2.04. The van der Waals surface area contributed by atoms with Gasteiger partial charge in [0.1, 0.15) is 17.2 Å². The summed E-state index contributed by atoms with van der Waals surface area (Å²) in [5.74, 6) is -0.0138. The van der Waals surface area contributed by atoms with Crippen molar-refractivity contribution in [2.24, 2.45) is 0 Å². The summed E-state index contributed by atoms with van der Waals surface area (Å²) in [5.41, 5.74) is 13.3. The minimum atomic E-state index is -0.507. The van der Waals surface area contributed by atoms with Crippen LogP contribution in [0.5, 0.6) is 5.75 Å². The molecule has 3 aromatic rings. The molecule has 0 radical (unpaired) electrons. The van der Waals surface area contributed by atoms with Crippen molar-refractivity contribution in [2.75, 3.05) is 18.6 Å². The lowest BCUT2D eigenvalue weighted by molar-refractivity contribution is 0.419. The van der Waals surface area contributed by atoms with Crippen LogP contribution in [0.15, 0.2) is 28.8 Å². The number of methoxy groups -OCH3 is 1. The number of pyridine rings is 1. The number of benzene rings is 1. The first-order valence-corrected chi connectivity index (χ1v) is 6.36. The van der Waals surface area contributed by atoms with Gasteiger partial charge in [0.2, 0.25) is 5.88 Å². The first-order valence-electron chi connectivity index (χ1n) is 5.98. The summed E-state index contributed by atoms with van der Waals surface area (Å²) in [6.07, 6.45) is 1.48. The minimum Gasteiger partial charge on any atom is -0.494 e. The van der Waals surface area contributed by atoms with Crippen LogP contribution in [-0.4, -0.2) is 12.1 Å². The predicted molar refractivity (Wildman–Crippen MR) is 79.8 cm³/mol. The van der Waals surface area contributed by atoms with Crippen molar-refractivity contribution in [1.29, 1.82) is 0 Å². The molecule has 4 N–H and O–H groups in total. The third-order valence-corrected chi connectivity index (χ3v) is 3.44. The van der Waals surface area contributed by atoms with Crippen molar-refractivity contribution in [3.05, 3.63) is 35.2 Å². The summed E-state index contributed by atoms with van der Waals surface area (Å²) >= 11 is 5.81. The molecular weight excluding hydrogens is 297 g/mol. The Bertz CT molecular complexity index is 848. The molecule has 0 aliphatic carbocycles. The zero-order valence-electron chi connectivity index (χ0n) is 11.0. The number of anilines is 2. The van der Waals surface area contributed by atoms with Gasteiger partial charge in [0.25, 0.3) is 0 Å². The average Bonchev–Trinajstić information content (AvgIpc) is 2.76. The lowest BCUT2D eigenvalue weighted by atomic mass is 10.1. The maximum Gasteiger partial charge on any atom is 0.215 e. The van der Waals surface area contributed by atoms with E-state index >= 15 is 0 Å². The van der Waals surface area contributed by atoms with Gasteiger partial charge in [0.05, 0.1) is 23.7 Å². The van der Waals surface area contributed by atoms with E-state index in [0.29, 0.717) is 28.0 Å². The maximum atomic E-state index is 13.3. The van der Waals surface area contributed by atoms with Gasteiger partial charge in [-0.15, -0.1) is 0 Å². The monoisotopic (exact) mass is 307 g/mol. The first-order chi connectivity index (χ1) is 10.0. The normalized spacial score (nSPS) is 11.0. The first kappa shape index (κ1) is 13.5. The number of nitrogens with two attached hydrogens (primary N) is 2. The SMILES string of the molecule is COc1c(-c2ccc(F)c(Cl)c2)ncc2oc(N)c(N)c12. The summed E-state index contributed by atoms with van der Waals surface area (Å²) < 4.78 is 24.0. The number of fused-ring (bicyclic) bond motifs is 1. The lowest BCUT2D eigenvalue weighted by Crippen LogP contribution is -1.95. The highest BCUT2D eigenvalue weighted by Crippen LogP contribution is 2.42. The van der Waals surface area contributed by atoms with Gasteiger partial charge in [0.15, 0.2) is 11.3 Å². The number of nitrogen functional groups attached to an aromatic ring is 2. The van der Waals surface area contributed by atoms with E-state index in [1.807, 2.05) is 0 Å². The smallest absolute Gasteiger partial charge is 0.215 e. The van der Waals surface area contributed by atoms with Crippen LogP contribution < -0.4 is 16.2 Å².